The highest BCUT2D eigenvalue weighted by molar-refractivity contribution is 7.99. The molecule has 0 radical (unpaired) electrons. The molecule has 1 saturated heterocycles. The zero-order valence-electron chi connectivity index (χ0n) is 10.4. The van der Waals surface area contributed by atoms with Crippen LogP contribution in [0, 0.1) is 0 Å². The van der Waals surface area contributed by atoms with Crippen LogP contribution < -0.4 is 5.32 Å². The molecule has 6 heteroatoms. The minimum atomic E-state index is 0.802. The van der Waals surface area contributed by atoms with Crippen molar-refractivity contribution in [3.63, 3.8) is 0 Å². The SMILES string of the molecule is S=C(Nc1ccc2ncncc2c1)N1CCSCC1. The summed E-state index contributed by atoms with van der Waals surface area (Å²) in [6.07, 6.45) is 3.37. The van der Waals surface area contributed by atoms with Gasteiger partial charge in [-0.25, -0.2) is 9.97 Å². The molecule has 2 aromatic rings. The van der Waals surface area contributed by atoms with E-state index in [0.29, 0.717) is 0 Å². The van der Waals surface area contributed by atoms with Crippen LogP contribution in [-0.4, -0.2) is 44.6 Å². The van der Waals surface area contributed by atoms with Crippen LogP contribution in [-0.2, 0) is 0 Å². The van der Waals surface area contributed by atoms with E-state index in [-0.39, 0.29) is 0 Å². The molecule has 1 aromatic carbocycles. The number of thioether (sulfide) groups is 1. The highest BCUT2D eigenvalue weighted by atomic mass is 32.2. The predicted molar refractivity (Wildman–Crippen MR) is 84.7 cm³/mol. The van der Waals surface area contributed by atoms with Crippen molar-refractivity contribution in [2.75, 3.05) is 29.9 Å². The van der Waals surface area contributed by atoms with Crippen molar-refractivity contribution in [3.8, 4) is 0 Å². The fourth-order valence-electron chi connectivity index (χ4n) is 2.03. The van der Waals surface area contributed by atoms with Gasteiger partial charge in [0.15, 0.2) is 5.11 Å². The van der Waals surface area contributed by atoms with Gasteiger partial charge in [-0.3, -0.25) is 0 Å². The van der Waals surface area contributed by atoms with Crippen LogP contribution in [0.4, 0.5) is 5.69 Å². The first kappa shape index (κ1) is 12.6. The highest BCUT2D eigenvalue weighted by Crippen LogP contribution is 2.17. The number of aromatic nitrogens is 2. The first-order valence-corrected chi connectivity index (χ1v) is 7.73. The van der Waals surface area contributed by atoms with E-state index < -0.39 is 0 Å². The smallest absolute Gasteiger partial charge is 0.173 e. The molecule has 4 nitrogen and oxygen atoms in total. The van der Waals surface area contributed by atoms with Crippen LogP contribution in [0.3, 0.4) is 0 Å². The molecule has 0 bridgehead atoms. The van der Waals surface area contributed by atoms with E-state index in [9.17, 15) is 0 Å². The Morgan fingerprint density at radius 2 is 2.16 bits per heavy atom. The van der Waals surface area contributed by atoms with Gasteiger partial charge in [-0.2, -0.15) is 11.8 Å². The lowest BCUT2D eigenvalue weighted by molar-refractivity contribution is 0.470. The quantitative estimate of drug-likeness (QED) is 0.813. The predicted octanol–water partition coefficient (Wildman–Crippen LogP) is 2.38. The summed E-state index contributed by atoms with van der Waals surface area (Å²) in [7, 11) is 0. The Morgan fingerprint density at radius 3 is 3.00 bits per heavy atom. The number of benzene rings is 1. The highest BCUT2D eigenvalue weighted by Gasteiger charge is 2.13. The summed E-state index contributed by atoms with van der Waals surface area (Å²) in [5.74, 6) is 2.29. The van der Waals surface area contributed by atoms with Crippen molar-refractivity contribution < 1.29 is 0 Å². The van der Waals surface area contributed by atoms with E-state index in [1.54, 1.807) is 6.33 Å². The zero-order chi connectivity index (χ0) is 13.1. The van der Waals surface area contributed by atoms with Gasteiger partial charge in [-0.05, 0) is 30.4 Å². The molecule has 1 fully saturated rings. The number of thiocarbonyl (C=S) groups is 1. The molecule has 19 heavy (non-hydrogen) atoms. The largest absolute Gasteiger partial charge is 0.347 e. The molecule has 0 amide bonds. The van der Waals surface area contributed by atoms with Crippen molar-refractivity contribution in [3.05, 3.63) is 30.7 Å². The fraction of sp³-hybridized carbons (Fsp3) is 0.308. The zero-order valence-corrected chi connectivity index (χ0v) is 12.0. The Hall–Kier alpha value is -1.40. The molecule has 3 rings (SSSR count). The molecular formula is C13H14N4S2. The number of anilines is 1. The number of hydrogen-bond donors (Lipinski definition) is 1. The minimum Gasteiger partial charge on any atom is -0.347 e. The second-order valence-electron chi connectivity index (χ2n) is 4.33. The molecular weight excluding hydrogens is 276 g/mol. The average molecular weight is 290 g/mol. The van der Waals surface area contributed by atoms with Crippen molar-refractivity contribution >= 4 is 45.7 Å². The molecule has 2 heterocycles. The number of rotatable bonds is 1. The third kappa shape index (κ3) is 2.96. The molecule has 0 saturated carbocycles. The van der Waals surface area contributed by atoms with Crippen LogP contribution in [0.1, 0.15) is 0 Å². The average Bonchev–Trinajstić information content (AvgIpc) is 2.48. The van der Waals surface area contributed by atoms with Gasteiger partial charge >= 0.3 is 0 Å². The van der Waals surface area contributed by atoms with Crippen LogP contribution in [0.2, 0.25) is 0 Å². The van der Waals surface area contributed by atoms with Crippen LogP contribution >= 0.6 is 24.0 Å². The number of nitrogens with zero attached hydrogens (tertiary/aromatic N) is 3. The van der Waals surface area contributed by atoms with Crippen LogP contribution in [0.15, 0.2) is 30.7 Å². The van der Waals surface area contributed by atoms with Gasteiger partial charge in [0.2, 0.25) is 0 Å². The molecule has 1 aliphatic rings. The van der Waals surface area contributed by atoms with Crippen molar-refractivity contribution in [1.82, 2.24) is 14.9 Å². The van der Waals surface area contributed by atoms with Crippen LogP contribution in [0.5, 0.6) is 0 Å². The fourth-order valence-corrected chi connectivity index (χ4v) is 3.23. The topological polar surface area (TPSA) is 41.1 Å². The first-order valence-electron chi connectivity index (χ1n) is 6.16. The van der Waals surface area contributed by atoms with Crippen molar-refractivity contribution in [1.29, 1.82) is 0 Å². The van der Waals surface area contributed by atoms with E-state index >= 15 is 0 Å². The summed E-state index contributed by atoms with van der Waals surface area (Å²) in [4.78, 5) is 10.5. The maximum atomic E-state index is 5.45. The number of nitrogens with one attached hydrogen (secondary N) is 1. The Labute approximate surface area is 121 Å². The molecule has 1 aliphatic heterocycles. The molecule has 1 aromatic heterocycles. The van der Waals surface area contributed by atoms with Gasteiger partial charge in [-0.1, -0.05) is 0 Å². The lowest BCUT2D eigenvalue weighted by Gasteiger charge is -2.29. The summed E-state index contributed by atoms with van der Waals surface area (Å²) in [6, 6.07) is 6.01. The lowest BCUT2D eigenvalue weighted by atomic mass is 10.2. The van der Waals surface area contributed by atoms with Gasteiger partial charge in [0.25, 0.3) is 0 Å². The molecule has 0 atom stereocenters. The molecule has 0 aliphatic carbocycles. The van der Waals surface area contributed by atoms with Crippen LogP contribution in [0.25, 0.3) is 10.9 Å². The Bertz CT molecular complexity index is 596. The molecule has 0 unspecified atom stereocenters. The summed E-state index contributed by atoms with van der Waals surface area (Å²) in [5.41, 5.74) is 1.94. The Kier molecular flexibility index (Phi) is 3.79. The summed E-state index contributed by atoms with van der Waals surface area (Å²) in [6.45, 7) is 2.04. The molecule has 1 N–H and O–H groups in total. The first-order chi connectivity index (χ1) is 9.33. The normalized spacial score (nSPS) is 15.5. The summed E-state index contributed by atoms with van der Waals surface area (Å²) >= 11 is 7.43. The van der Waals surface area contributed by atoms with Gasteiger partial charge < -0.3 is 10.2 Å². The van der Waals surface area contributed by atoms with E-state index in [2.05, 4.69) is 20.2 Å². The molecule has 98 valence electrons. The Morgan fingerprint density at radius 1 is 1.32 bits per heavy atom. The maximum absolute atomic E-state index is 5.45. The maximum Gasteiger partial charge on any atom is 0.173 e. The minimum absolute atomic E-state index is 0.802. The molecule has 0 spiro atoms. The van der Waals surface area contributed by atoms with E-state index in [1.807, 2.05) is 36.2 Å². The standard InChI is InChI=1S/C13H14N4S2/c18-13(17-3-5-19-6-4-17)16-11-1-2-12-10(7-11)8-14-9-15-12/h1-2,7-9H,3-6H2,(H,16,18). The van der Waals surface area contributed by atoms with Gasteiger partial charge in [0, 0.05) is 41.9 Å². The van der Waals surface area contributed by atoms with E-state index in [0.717, 1.165) is 46.3 Å². The number of hydrogen-bond acceptors (Lipinski definition) is 4. The van der Waals surface area contributed by atoms with Gasteiger partial charge in [-0.15, -0.1) is 0 Å². The summed E-state index contributed by atoms with van der Waals surface area (Å²) in [5, 5.41) is 5.12. The summed E-state index contributed by atoms with van der Waals surface area (Å²) < 4.78 is 0. The van der Waals surface area contributed by atoms with Crippen molar-refractivity contribution in [2.24, 2.45) is 0 Å². The van der Waals surface area contributed by atoms with Gasteiger partial charge in [0.1, 0.15) is 6.33 Å². The van der Waals surface area contributed by atoms with E-state index in [4.69, 9.17) is 12.2 Å². The Balaban J connectivity index is 1.75. The third-order valence-electron chi connectivity index (χ3n) is 3.05. The lowest BCUT2D eigenvalue weighted by Crippen LogP contribution is -2.40. The monoisotopic (exact) mass is 290 g/mol. The second-order valence-corrected chi connectivity index (χ2v) is 5.94. The van der Waals surface area contributed by atoms with E-state index in [1.165, 1.54) is 0 Å². The van der Waals surface area contributed by atoms with Crippen molar-refractivity contribution in [2.45, 2.75) is 0 Å². The van der Waals surface area contributed by atoms with Gasteiger partial charge in [0.05, 0.1) is 5.52 Å². The number of fused-ring (bicyclic) bond motifs is 1. The second kappa shape index (κ2) is 5.71. The third-order valence-corrected chi connectivity index (χ3v) is 4.36.